The molecule has 4 nitrogen and oxygen atoms in total. The van der Waals surface area contributed by atoms with E-state index in [1.54, 1.807) is 12.1 Å². The number of methoxy groups -OCH3 is 1. The van der Waals surface area contributed by atoms with Gasteiger partial charge in [0.2, 0.25) is 0 Å². The van der Waals surface area contributed by atoms with E-state index in [-0.39, 0.29) is 15.9 Å². The third kappa shape index (κ3) is 3.21. The summed E-state index contributed by atoms with van der Waals surface area (Å²) >= 11 is 6.97. The zero-order valence-corrected chi connectivity index (χ0v) is 9.65. The van der Waals surface area contributed by atoms with Gasteiger partial charge in [-0.25, -0.2) is 0 Å². The Balaban J connectivity index is 2.90. The van der Waals surface area contributed by atoms with Gasteiger partial charge in [-0.3, -0.25) is 5.41 Å². The van der Waals surface area contributed by atoms with Crippen molar-refractivity contribution in [1.29, 1.82) is 5.41 Å². The highest BCUT2D eigenvalue weighted by atomic mass is 35.5. The van der Waals surface area contributed by atoms with Crippen LogP contribution in [0.4, 0.5) is 0 Å². The molecule has 0 aliphatic carbocycles. The summed E-state index contributed by atoms with van der Waals surface area (Å²) < 4.78 is 4.94. The second kappa shape index (κ2) is 5.14. The molecule has 1 aromatic carbocycles. The minimum absolute atomic E-state index is 0.0400. The Kier molecular flexibility index (Phi) is 4.11. The second-order valence-corrected chi connectivity index (χ2v) is 4.21. The molecule has 1 aromatic rings. The number of benzene rings is 1. The van der Waals surface area contributed by atoms with Crippen LogP contribution in [0, 0.1) is 5.41 Å². The number of rotatable bonds is 3. The highest BCUT2D eigenvalue weighted by molar-refractivity contribution is 8.13. The van der Waals surface area contributed by atoms with Crippen molar-refractivity contribution in [1.82, 2.24) is 0 Å². The van der Waals surface area contributed by atoms with Crippen LogP contribution in [-0.2, 0) is 5.75 Å². The molecular weight excluding hydrogens is 236 g/mol. The molecule has 0 spiro atoms. The van der Waals surface area contributed by atoms with Crippen LogP contribution >= 0.6 is 23.4 Å². The first-order chi connectivity index (χ1) is 7.04. The molecule has 6 heteroatoms. The summed E-state index contributed by atoms with van der Waals surface area (Å²) in [6, 6.07) is 3.28. The number of phenolic OH excluding ortho intramolecular Hbond substituents is 1. The van der Waals surface area contributed by atoms with Crippen LogP contribution in [0.1, 0.15) is 5.56 Å². The van der Waals surface area contributed by atoms with Gasteiger partial charge in [-0.05, 0) is 17.7 Å². The molecule has 0 saturated heterocycles. The summed E-state index contributed by atoms with van der Waals surface area (Å²) in [5.41, 5.74) is 6.05. The van der Waals surface area contributed by atoms with E-state index in [0.29, 0.717) is 11.5 Å². The largest absolute Gasteiger partial charge is 0.503 e. The normalized spacial score (nSPS) is 10.0. The van der Waals surface area contributed by atoms with E-state index in [2.05, 4.69) is 0 Å². The molecule has 0 aliphatic heterocycles. The first-order valence-electron chi connectivity index (χ1n) is 4.06. The molecule has 0 unspecified atom stereocenters. The van der Waals surface area contributed by atoms with Gasteiger partial charge in [-0.1, -0.05) is 23.4 Å². The lowest BCUT2D eigenvalue weighted by molar-refractivity contribution is 0.373. The zero-order chi connectivity index (χ0) is 11.4. The standard InChI is InChI=1S/C9H11ClN2O2S/c1-14-7-3-5(4-15-9(11)12)2-6(10)8(7)13/h2-3,13H,4H2,1H3,(H3,11,12). The highest BCUT2D eigenvalue weighted by Gasteiger charge is 2.09. The fourth-order valence-corrected chi connectivity index (χ4v) is 1.75. The maximum atomic E-state index is 9.47. The Bertz CT molecular complexity index is 385. The van der Waals surface area contributed by atoms with Crippen LogP contribution in [0.5, 0.6) is 11.5 Å². The maximum absolute atomic E-state index is 9.47. The van der Waals surface area contributed by atoms with Gasteiger partial charge >= 0.3 is 0 Å². The third-order valence-corrected chi connectivity index (χ3v) is 2.78. The molecular formula is C9H11ClN2O2S. The van der Waals surface area contributed by atoms with E-state index < -0.39 is 0 Å². The number of amidine groups is 1. The van der Waals surface area contributed by atoms with Gasteiger partial charge in [0.05, 0.1) is 12.1 Å². The van der Waals surface area contributed by atoms with E-state index in [4.69, 9.17) is 27.5 Å². The molecule has 0 fully saturated rings. The minimum atomic E-state index is -0.0734. The van der Waals surface area contributed by atoms with Gasteiger partial charge in [-0.15, -0.1) is 0 Å². The molecule has 0 aliphatic rings. The number of nitrogens with one attached hydrogen (secondary N) is 1. The number of hydrogen-bond donors (Lipinski definition) is 3. The Hall–Kier alpha value is -1.07. The summed E-state index contributed by atoms with van der Waals surface area (Å²) in [6.07, 6.45) is 0. The Labute approximate surface area is 96.9 Å². The lowest BCUT2D eigenvalue weighted by Gasteiger charge is -2.08. The number of phenols is 1. The van der Waals surface area contributed by atoms with E-state index in [0.717, 1.165) is 5.56 Å². The van der Waals surface area contributed by atoms with Crippen molar-refractivity contribution in [2.75, 3.05) is 7.11 Å². The highest BCUT2D eigenvalue weighted by Crippen LogP contribution is 2.35. The maximum Gasteiger partial charge on any atom is 0.176 e. The summed E-state index contributed by atoms with van der Waals surface area (Å²) in [6.45, 7) is 0. The van der Waals surface area contributed by atoms with Crippen LogP contribution in [0.2, 0.25) is 5.02 Å². The molecule has 0 heterocycles. The lowest BCUT2D eigenvalue weighted by Crippen LogP contribution is -2.03. The van der Waals surface area contributed by atoms with E-state index >= 15 is 0 Å². The van der Waals surface area contributed by atoms with Crippen molar-refractivity contribution in [3.63, 3.8) is 0 Å². The molecule has 0 amide bonds. The van der Waals surface area contributed by atoms with Crippen molar-refractivity contribution in [2.24, 2.45) is 5.73 Å². The molecule has 0 radical (unpaired) electrons. The van der Waals surface area contributed by atoms with Gasteiger partial charge in [0.15, 0.2) is 16.7 Å². The van der Waals surface area contributed by atoms with E-state index in [1.165, 1.54) is 18.9 Å². The summed E-state index contributed by atoms with van der Waals surface area (Å²) in [5.74, 6) is 0.767. The zero-order valence-electron chi connectivity index (χ0n) is 8.08. The first kappa shape index (κ1) is 12.0. The summed E-state index contributed by atoms with van der Waals surface area (Å²) in [4.78, 5) is 0. The van der Waals surface area contributed by atoms with Crippen molar-refractivity contribution in [3.05, 3.63) is 22.7 Å². The topological polar surface area (TPSA) is 79.3 Å². The number of thioether (sulfide) groups is 1. The van der Waals surface area contributed by atoms with Gasteiger partial charge in [-0.2, -0.15) is 0 Å². The summed E-state index contributed by atoms with van der Waals surface area (Å²) in [5, 5.41) is 16.8. The van der Waals surface area contributed by atoms with Crippen LogP contribution in [0.25, 0.3) is 0 Å². The van der Waals surface area contributed by atoms with Crippen LogP contribution in [-0.4, -0.2) is 17.4 Å². The van der Waals surface area contributed by atoms with Gasteiger partial charge in [0.25, 0.3) is 0 Å². The van der Waals surface area contributed by atoms with E-state index in [9.17, 15) is 5.11 Å². The van der Waals surface area contributed by atoms with Crippen molar-refractivity contribution in [2.45, 2.75) is 5.75 Å². The predicted molar refractivity (Wildman–Crippen MR) is 62.9 cm³/mol. The van der Waals surface area contributed by atoms with Crippen LogP contribution in [0.15, 0.2) is 12.1 Å². The Morgan fingerprint density at radius 2 is 2.33 bits per heavy atom. The molecule has 82 valence electrons. The first-order valence-corrected chi connectivity index (χ1v) is 5.43. The minimum Gasteiger partial charge on any atom is -0.503 e. The fraction of sp³-hybridized carbons (Fsp3) is 0.222. The smallest absolute Gasteiger partial charge is 0.176 e. The average molecular weight is 247 g/mol. The Morgan fingerprint density at radius 1 is 1.67 bits per heavy atom. The SMILES string of the molecule is COc1cc(CSC(=N)N)cc(Cl)c1O. The quantitative estimate of drug-likeness (QED) is 0.564. The van der Waals surface area contributed by atoms with Crippen molar-refractivity contribution < 1.29 is 9.84 Å². The van der Waals surface area contributed by atoms with Gasteiger partial charge in [0, 0.05) is 5.75 Å². The molecule has 0 saturated carbocycles. The number of ether oxygens (including phenoxy) is 1. The van der Waals surface area contributed by atoms with Crippen molar-refractivity contribution in [3.8, 4) is 11.5 Å². The van der Waals surface area contributed by atoms with Crippen LogP contribution < -0.4 is 10.5 Å². The third-order valence-electron chi connectivity index (χ3n) is 1.70. The fourth-order valence-electron chi connectivity index (χ4n) is 1.03. The number of hydrogen-bond acceptors (Lipinski definition) is 4. The molecule has 0 atom stereocenters. The number of aromatic hydroxyl groups is 1. The summed E-state index contributed by atoms with van der Waals surface area (Å²) in [7, 11) is 1.45. The monoisotopic (exact) mass is 246 g/mol. The van der Waals surface area contributed by atoms with Gasteiger partial charge < -0.3 is 15.6 Å². The molecule has 0 bridgehead atoms. The lowest BCUT2D eigenvalue weighted by atomic mass is 10.2. The van der Waals surface area contributed by atoms with Crippen LogP contribution in [0.3, 0.4) is 0 Å². The molecule has 1 rings (SSSR count). The molecule has 0 aromatic heterocycles. The van der Waals surface area contributed by atoms with E-state index in [1.807, 2.05) is 0 Å². The average Bonchev–Trinajstić information content (AvgIpc) is 2.19. The van der Waals surface area contributed by atoms with Crippen molar-refractivity contribution >= 4 is 28.5 Å². The molecule has 15 heavy (non-hydrogen) atoms. The Morgan fingerprint density at radius 3 is 2.87 bits per heavy atom. The number of nitrogens with two attached hydrogens (primary N) is 1. The predicted octanol–water partition coefficient (Wildman–Crippen LogP) is 2.18. The second-order valence-electron chi connectivity index (χ2n) is 2.78. The molecule has 4 N–H and O–H groups in total. The number of halogens is 1. The van der Waals surface area contributed by atoms with Gasteiger partial charge in [0.1, 0.15) is 0 Å².